The fraction of sp³-hybridized carbons (Fsp3) is 0.321. The maximum absolute atomic E-state index is 13.1. The van der Waals surface area contributed by atoms with Crippen molar-refractivity contribution in [1.29, 1.82) is 5.26 Å². The summed E-state index contributed by atoms with van der Waals surface area (Å²) in [6, 6.07) is 14.9. The number of anilines is 1. The van der Waals surface area contributed by atoms with Crippen LogP contribution >= 0.6 is 0 Å². The van der Waals surface area contributed by atoms with E-state index in [1.165, 1.54) is 22.0 Å². The van der Waals surface area contributed by atoms with Gasteiger partial charge in [-0.3, -0.25) is 14.5 Å². The molecule has 0 fully saturated rings. The molecular weight excluding hydrogens is 410 g/mol. The predicted molar refractivity (Wildman–Crippen MR) is 131 cm³/mol. The van der Waals surface area contributed by atoms with Crippen LogP contribution in [0.25, 0.3) is 10.8 Å². The number of carbonyl (C=O) groups excluding carboxylic acids is 2. The first-order valence-corrected chi connectivity index (χ1v) is 11.4. The molecule has 0 saturated heterocycles. The quantitative estimate of drug-likeness (QED) is 0.475. The summed E-state index contributed by atoms with van der Waals surface area (Å²) in [5, 5.41) is 12.0. The minimum absolute atomic E-state index is 0.0294. The van der Waals surface area contributed by atoms with Crippen molar-refractivity contribution in [3.05, 3.63) is 76.5 Å². The topological polar surface area (TPSA) is 64.4 Å². The molecule has 0 bridgehead atoms. The first-order chi connectivity index (χ1) is 15.6. The third kappa shape index (κ3) is 3.29. The van der Waals surface area contributed by atoms with Gasteiger partial charge in [0.2, 0.25) is 0 Å². The van der Waals surface area contributed by atoms with Crippen LogP contribution in [0.3, 0.4) is 0 Å². The van der Waals surface area contributed by atoms with Crippen LogP contribution in [0, 0.1) is 11.3 Å². The average Bonchev–Trinajstić information content (AvgIpc) is 3.01. The number of allylic oxidation sites excluding steroid dienone is 3. The Morgan fingerprint density at radius 3 is 2.39 bits per heavy atom. The molecule has 2 aromatic rings. The fourth-order valence-electron chi connectivity index (χ4n) is 5.13. The highest BCUT2D eigenvalue weighted by Crippen LogP contribution is 2.51. The highest BCUT2D eigenvalue weighted by Gasteiger charge is 2.42. The lowest BCUT2D eigenvalue weighted by Gasteiger charge is -2.30. The zero-order chi connectivity index (χ0) is 24.1. The maximum Gasteiger partial charge on any atom is 0.271 e. The molecule has 5 heteroatoms. The van der Waals surface area contributed by atoms with Crippen LogP contribution in [0.2, 0.25) is 0 Å². The Hall–Kier alpha value is -3.65. The zero-order valence-electron chi connectivity index (χ0n) is 20.1. The highest BCUT2D eigenvalue weighted by molar-refractivity contribution is 6.18. The Bertz CT molecular complexity index is 1320. The maximum atomic E-state index is 13.1. The smallest absolute Gasteiger partial charge is 0.271 e. The summed E-state index contributed by atoms with van der Waals surface area (Å²) in [6.45, 7) is 12.4. The molecule has 0 N–H and O–H groups in total. The first-order valence-electron chi connectivity index (χ1n) is 11.4. The van der Waals surface area contributed by atoms with Crippen LogP contribution in [-0.2, 0) is 15.0 Å². The standard InChI is InChI=1S/C28H29N3O2/c1-7-30-26(32)20(18(4)22(16-29)27(30)33)13-15-24-28(5,6)25-21-11-9-8-10-19(21)12-14-23(25)31(24)17(2)3/h8-15,17H,7H2,1-6H3/b20-13+,24-15+. The van der Waals surface area contributed by atoms with Gasteiger partial charge in [-0.1, -0.05) is 44.2 Å². The largest absolute Gasteiger partial charge is 0.341 e. The van der Waals surface area contributed by atoms with E-state index in [1.807, 2.05) is 12.1 Å². The molecular formula is C28H29N3O2. The van der Waals surface area contributed by atoms with E-state index >= 15 is 0 Å². The number of imide groups is 1. The summed E-state index contributed by atoms with van der Waals surface area (Å²) < 4.78 is 0. The Morgan fingerprint density at radius 2 is 1.76 bits per heavy atom. The van der Waals surface area contributed by atoms with E-state index in [-0.39, 0.29) is 29.5 Å². The molecule has 0 saturated carbocycles. The third-order valence-electron chi connectivity index (χ3n) is 6.76. The van der Waals surface area contributed by atoms with Crippen molar-refractivity contribution in [3.63, 3.8) is 0 Å². The predicted octanol–water partition coefficient (Wildman–Crippen LogP) is 5.38. The van der Waals surface area contributed by atoms with E-state index in [4.69, 9.17) is 0 Å². The monoisotopic (exact) mass is 439 g/mol. The van der Waals surface area contributed by atoms with Gasteiger partial charge in [-0.2, -0.15) is 5.26 Å². The normalized spacial score (nSPS) is 20.4. The summed E-state index contributed by atoms with van der Waals surface area (Å²) in [5.74, 6) is -0.873. The molecule has 0 atom stereocenters. The van der Waals surface area contributed by atoms with Gasteiger partial charge >= 0.3 is 0 Å². The number of nitrogens with zero attached hydrogens (tertiary/aromatic N) is 3. The fourth-order valence-corrected chi connectivity index (χ4v) is 5.13. The summed E-state index contributed by atoms with van der Waals surface area (Å²) in [4.78, 5) is 29.0. The first kappa shape index (κ1) is 22.5. The van der Waals surface area contributed by atoms with Crippen LogP contribution in [0.15, 0.2) is 71.0 Å². The number of rotatable bonds is 3. The molecule has 0 aliphatic carbocycles. The average molecular weight is 440 g/mol. The summed E-state index contributed by atoms with van der Waals surface area (Å²) in [5.41, 5.74) is 4.07. The highest BCUT2D eigenvalue weighted by atomic mass is 16.2. The zero-order valence-corrected chi connectivity index (χ0v) is 20.1. The van der Waals surface area contributed by atoms with Gasteiger partial charge < -0.3 is 4.90 Å². The summed E-state index contributed by atoms with van der Waals surface area (Å²) >= 11 is 0. The van der Waals surface area contributed by atoms with E-state index in [0.29, 0.717) is 11.1 Å². The molecule has 2 amide bonds. The second kappa shape index (κ2) is 8.04. The summed E-state index contributed by atoms with van der Waals surface area (Å²) in [6.07, 6.45) is 3.77. The van der Waals surface area contributed by atoms with Crippen LogP contribution < -0.4 is 4.90 Å². The molecule has 0 radical (unpaired) electrons. The molecule has 5 nitrogen and oxygen atoms in total. The SMILES string of the molecule is CCN1C(=O)C(C#N)=C(C)/C(=C\C=C2\N(C(C)C)c3ccc4ccccc4c3C2(C)C)C1=O. The lowest BCUT2D eigenvalue weighted by molar-refractivity contribution is -0.140. The molecule has 168 valence electrons. The van der Waals surface area contributed by atoms with E-state index < -0.39 is 5.91 Å². The van der Waals surface area contributed by atoms with E-state index in [2.05, 4.69) is 69.0 Å². The second-order valence-electron chi connectivity index (χ2n) is 9.37. The third-order valence-corrected chi connectivity index (χ3v) is 6.76. The Kier molecular flexibility index (Phi) is 5.49. The van der Waals surface area contributed by atoms with E-state index in [1.54, 1.807) is 19.9 Å². The Morgan fingerprint density at radius 1 is 1.06 bits per heavy atom. The number of likely N-dealkylation sites (N-methyl/N-ethyl adjacent to an activating group) is 1. The van der Waals surface area contributed by atoms with Gasteiger partial charge in [0.05, 0.1) is 0 Å². The number of hydrogen-bond donors (Lipinski definition) is 0. The number of benzene rings is 2. The van der Waals surface area contributed by atoms with Crippen LogP contribution in [0.5, 0.6) is 0 Å². The lowest BCUT2D eigenvalue weighted by atomic mass is 9.81. The molecule has 2 heterocycles. The van der Waals surface area contributed by atoms with Gasteiger partial charge in [0.1, 0.15) is 11.6 Å². The Balaban J connectivity index is 1.93. The molecule has 2 aliphatic heterocycles. The lowest BCUT2D eigenvalue weighted by Crippen LogP contribution is -2.42. The van der Waals surface area contributed by atoms with Gasteiger partial charge in [0.15, 0.2) is 0 Å². The van der Waals surface area contributed by atoms with E-state index in [9.17, 15) is 14.9 Å². The molecule has 0 spiro atoms. The number of nitriles is 1. The number of fused-ring (bicyclic) bond motifs is 3. The number of amides is 2. The van der Waals surface area contributed by atoms with Gasteiger partial charge in [0, 0.05) is 35.0 Å². The van der Waals surface area contributed by atoms with Crippen molar-refractivity contribution < 1.29 is 9.59 Å². The van der Waals surface area contributed by atoms with Gasteiger partial charge in [-0.15, -0.1) is 0 Å². The number of hydrogen-bond acceptors (Lipinski definition) is 4. The molecule has 2 aliphatic rings. The molecule has 33 heavy (non-hydrogen) atoms. The molecule has 0 unspecified atom stereocenters. The Labute approximate surface area is 195 Å². The van der Waals surface area contributed by atoms with Crippen molar-refractivity contribution in [2.24, 2.45) is 0 Å². The second-order valence-corrected chi connectivity index (χ2v) is 9.37. The van der Waals surface area contributed by atoms with Crippen molar-refractivity contribution in [2.75, 3.05) is 11.4 Å². The van der Waals surface area contributed by atoms with Crippen molar-refractivity contribution >= 4 is 28.3 Å². The van der Waals surface area contributed by atoms with Crippen molar-refractivity contribution in [1.82, 2.24) is 4.90 Å². The van der Waals surface area contributed by atoms with Crippen LogP contribution in [-0.4, -0.2) is 29.3 Å². The summed E-state index contributed by atoms with van der Waals surface area (Å²) in [7, 11) is 0. The molecule has 4 rings (SSSR count). The van der Waals surface area contributed by atoms with Gasteiger partial charge in [-0.25, -0.2) is 0 Å². The molecule has 2 aromatic carbocycles. The van der Waals surface area contributed by atoms with Crippen LogP contribution in [0.1, 0.15) is 47.1 Å². The minimum Gasteiger partial charge on any atom is -0.341 e. The van der Waals surface area contributed by atoms with Crippen molar-refractivity contribution in [2.45, 2.75) is 53.0 Å². The minimum atomic E-state index is -0.517. The van der Waals surface area contributed by atoms with Gasteiger partial charge in [0.25, 0.3) is 11.8 Å². The molecule has 0 aromatic heterocycles. The van der Waals surface area contributed by atoms with Crippen molar-refractivity contribution in [3.8, 4) is 6.07 Å². The van der Waals surface area contributed by atoms with Crippen LogP contribution in [0.4, 0.5) is 5.69 Å². The van der Waals surface area contributed by atoms with Gasteiger partial charge in [-0.05, 0) is 67.8 Å². The number of carbonyl (C=O) groups is 2. The van der Waals surface area contributed by atoms with E-state index in [0.717, 1.165) is 10.6 Å².